The van der Waals surface area contributed by atoms with Crippen molar-refractivity contribution in [3.05, 3.63) is 0 Å². The molecular formula is C13H24N2O3. The fourth-order valence-electron chi connectivity index (χ4n) is 2.21. The van der Waals surface area contributed by atoms with E-state index in [1.807, 2.05) is 6.92 Å². The first kappa shape index (κ1) is 14.8. The van der Waals surface area contributed by atoms with Crippen molar-refractivity contribution in [3.8, 4) is 0 Å². The van der Waals surface area contributed by atoms with Gasteiger partial charge in [-0.3, -0.25) is 4.79 Å². The van der Waals surface area contributed by atoms with E-state index in [4.69, 9.17) is 5.11 Å². The van der Waals surface area contributed by atoms with Crippen molar-refractivity contribution in [2.45, 2.75) is 52.5 Å². The van der Waals surface area contributed by atoms with E-state index in [0.29, 0.717) is 12.3 Å². The lowest BCUT2D eigenvalue weighted by Gasteiger charge is -2.24. The quantitative estimate of drug-likeness (QED) is 0.703. The van der Waals surface area contributed by atoms with Gasteiger partial charge in [-0.25, -0.2) is 4.79 Å². The number of amides is 2. The van der Waals surface area contributed by atoms with Crippen LogP contribution >= 0.6 is 0 Å². The van der Waals surface area contributed by atoms with E-state index in [0.717, 1.165) is 19.3 Å². The third-order valence-electron chi connectivity index (χ3n) is 4.11. The largest absolute Gasteiger partial charge is 0.481 e. The normalized spacial score (nSPS) is 26.4. The number of rotatable bonds is 5. The maximum absolute atomic E-state index is 11.7. The van der Waals surface area contributed by atoms with Gasteiger partial charge in [0, 0.05) is 12.6 Å². The van der Waals surface area contributed by atoms with Crippen molar-refractivity contribution >= 4 is 12.0 Å². The molecule has 3 unspecified atom stereocenters. The number of carbonyl (C=O) groups excluding carboxylic acids is 1. The Bertz CT molecular complexity index is 319. The molecule has 0 aromatic rings. The highest BCUT2D eigenvalue weighted by atomic mass is 16.4. The van der Waals surface area contributed by atoms with Crippen molar-refractivity contribution in [3.63, 3.8) is 0 Å². The number of carboxylic acid groups (broad SMARTS) is 1. The summed E-state index contributed by atoms with van der Waals surface area (Å²) in [6, 6.07) is -0.0302. The van der Waals surface area contributed by atoms with Crippen molar-refractivity contribution in [1.29, 1.82) is 0 Å². The molecule has 0 saturated heterocycles. The van der Waals surface area contributed by atoms with Crippen molar-refractivity contribution in [2.24, 2.45) is 11.3 Å². The Hall–Kier alpha value is -1.26. The number of aliphatic carboxylic acids is 1. The van der Waals surface area contributed by atoms with Gasteiger partial charge in [0.1, 0.15) is 0 Å². The second kappa shape index (κ2) is 6.07. The minimum absolute atomic E-state index is 0.158. The molecule has 1 aliphatic rings. The molecule has 18 heavy (non-hydrogen) atoms. The highest BCUT2D eigenvalue weighted by molar-refractivity contribution is 5.77. The summed E-state index contributed by atoms with van der Waals surface area (Å²) in [6.07, 6.45) is 3.79. The molecule has 104 valence electrons. The summed E-state index contributed by atoms with van der Waals surface area (Å²) in [5.41, 5.74) is -0.890. The molecule has 5 nitrogen and oxygen atoms in total. The zero-order valence-corrected chi connectivity index (χ0v) is 11.5. The minimum Gasteiger partial charge on any atom is -0.481 e. The molecule has 0 aromatic heterocycles. The van der Waals surface area contributed by atoms with Crippen LogP contribution in [0.4, 0.5) is 4.79 Å². The van der Waals surface area contributed by atoms with E-state index in [1.165, 1.54) is 0 Å². The van der Waals surface area contributed by atoms with Gasteiger partial charge in [0.25, 0.3) is 0 Å². The minimum atomic E-state index is -0.890. The zero-order valence-electron chi connectivity index (χ0n) is 11.5. The fourth-order valence-corrected chi connectivity index (χ4v) is 2.21. The second-order valence-corrected chi connectivity index (χ2v) is 5.56. The molecule has 0 heterocycles. The Kier molecular flexibility index (Phi) is 4.99. The lowest BCUT2D eigenvalue weighted by molar-refractivity contribution is -0.147. The Labute approximate surface area is 108 Å². The van der Waals surface area contributed by atoms with E-state index in [2.05, 4.69) is 17.6 Å². The molecule has 1 rings (SSSR count). The average molecular weight is 256 g/mol. The Balaban J connectivity index is 2.39. The highest BCUT2D eigenvalue weighted by Crippen LogP contribution is 2.24. The van der Waals surface area contributed by atoms with Crippen LogP contribution in [0.25, 0.3) is 0 Å². The van der Waals surface area contributed by atoms with Gasteiger partial charge in [0.2, 0.25) is 0 Å². The molecular weight excluding hydrogens is 232 g/mol. The molecule has 1 fully saturated rings. The first-order chi connectivity index (χ1) is 8.39. The topological polar surface area (TPSA) is 78.4 Å². The Morgan fingerprint density at radius 1 is 1.39 bits per heavy atom. The maximum Gasteiger partial charge on any atom is 0.315 e. The van der Waals surface area contributed by atoms with Crippen LogP contribution in [0, 0.1) is 11.3 Å². The van der Waals surface area contributed by atoms with Crippen LogP contribution < -0.4 is 10.6 Å². The van der Waals surface area contributed by atoms with Gasteiger partial charge in [-0.05, 0) is 32.1 Å². The highest BCUT2D eigenvalue weighted by Gasteiger charge is 2.32. The van der Waals surface area contributed by atoms with Crippen molar-refractivity contribution < 1.29 is 14.7 Å². The summed E-state index contributed by atoms with van der Waals surface area (Å²) < 4.78 is 0. The smallest absolute Gasteiger partial charge is 0.315 e. The summed E-state index contributed by atoms with van der Waals surface area (Å²) in [7, 11) is 0. The summed E-state index contributed by atoms with van der Waals surface area (Å²) in [6.45, 7) is 5.75. The van der Waals surface area contributed by atoms with E-state index in [1.54, 1.807) is 6.92 Å². The van der Waals surface area contributed by atoms with Gasteiger partial charge in [-0.15, -0.1) is 0 Å². The van der Waals surface area contributed by atoms with Crippen LogP contribution in [0.15, 0.2) is 0 Å². The molecule has 0 radical (unpaired) electrons. The molecule has 5 heteroatoms. The van der Waals surface area contributed by atoms with E-state index in [9.17, 15) is 9.59 Å². The van der Waals surface area contributed by atoms with E-state index in [-0.39, 0.29) is 18.6 Å². The molecule has 0 aromatic carbocycles. The number of carbonyl (C=O) groups is 2. The van der Waals surface area contributed by atoms with Gasteiger partial charge in [-0.1, -0.05) is 20.3 Å². The molecule has 0 aliphatic heterocycles. The number of hydrogen-bond donors (Lipinski definition) is 3. The summed E-state index contributed by atoms with van der Waals surface area (Å²) in [4.78, 5) is 22.8. The number of urea groups is 1. The van der Waals surface area contributed by atoms with Crippen LogP contribution in [0.2, 0.25) is 0 Å². The second-order valence-electron chi connectivity index (χ2n) is 5.56. The van der Waals surface area contributed by atoms with Gasteiger partial charge in [0.05, 0.1) is 5.41 Å². The Morgan fingerprint density at radius 3 is 2.50 bits per heavy atom. The van der Waals surface area contributed by atoms with Crippen LogP contribution in [-0.4, -0.2) is 29.7 Å². The van der Waals surface area contributed by atoms with E-state index < -0.39 is 11.4 Å². The third-order valence-corrected chi connectivity index (χ3v) is 4.11. The predicted octanol–water partition coefficient (Wildman–Crippen LogP) is 1.98. The molecule has 3 atom stereocenters. The monoisotopic (exact) mass is 256 g/mol. The van der Waals surface area contributed by atoms with Crippen molar-refractivity contribution in [2.75, 3.05) is 6.54 Å². The Morgan fingerprint density at radius 2 is 2.06 bits per heavy atom. The summed E-state index contributed by atoms with van der Waals surface area (Å²) in [5.74, 6) is -0.368. The fraction of sp³-hybridized carbons (Fsp3) is 0.846. The number of nitrogens with one attached hydrogen (secondary N) is 2. The molecule has 2 amide bonds. The third kappa shape index (κ3) is 3.62. The SMILES string of the molecule is CCC(C)(CNC(=O)NC1CCCC1C)C(=O)O. The standard InChI is InChI=1S/C13H24N2O3/c1-4-13(3,11(16)17)8-14-12(18)15-10-7-5-6-9(10)2/h9-10H,4-8H2,1-3H3,(H,16,17)(H2,14,15,18). The first-order valence-corrected chi connectivity index (χ1v) is 6.67. The van der Waals surface area contributed by atoms with Crippen LogP contribution in [0.5, 0.6) is 0 Å². The molecule has 3 N–H and O–H groups in total. The molecule has 0 spiro atoms. The van der Waals surface area contributed by atoms with Crippen LogP contribution in [-0.2, 0) is 4.79 Å². The summed E-state index contributed by atoms with van der Waals surface area (Å²) in [5, 5.41) is 14.7. The molecule has 1 saturated carbocycles. The molecule has 0 bridgehead atoms. The predicted molar refractivity (Wildman–Crippen MR) is 69.4 cm³/mol. The molecule has 1 aliphatic carbocycles. The lowest BCUT2D eigenvalue weighted by atomic mass is 9.88. The number of carboxylic acids is 1. The van der Waals surface area contributed by atoms with Crippen LogP contribution in [0.1, 0.15) is 46.5 Å². The zero-order chi connectivity index (χ0) is 13.8. The number of hydrogen-bond acceptors (Lipinski definition) is 2. The van der Waals surface area contributed by atoms with Gasteiger partial charge < -0.3 is 15.7 Å². The van der Waals surface area contributed by atoms with Gasteiger partial charge in [0.15, 0.2) is 0 Å². The lowest BCUT2D eigenvalue weighted by Crippen LogP contribution is -2.48. The van der Waals surface area contributed by atoms with Gasteiger partial charge in [-0.2, -0.15) is 0 Å². The van der Waals surface area contributed by atoms with Crippen LogP contribution in [0.3, 0.4) is 0 Å². The summed E-state index contributed by atoms with van der Waals surface area (Å²) >= 11 is 0. The van der Waals surface area contributed by atoms with E-state index >= 15 is 0 Å². The van der Waals surface area contributed by atoms with Crippen molar-refractivity contribution in [1.82, 2.24) is 10.6 Å². The maximum atomic E-state index is 11.7. The van der Waals surface area contributed by atoms with Gasteiger partial charge >= 0.3 is 12.0 Å². The average Bonchev–Trinajstić information content (AvgIpc) is 2.71. The first-order valence-electron chi connectivity index (χ1n) is 6.67.